The zero-order chi connectivity index (χ0) is 14.8. The molecule has 1 spiro atoms. The number of hydrogen-bond acceptors (Lipinski definition) is 4. The van der Waals surface area contributed by atoms with Gasteiger partial charge in [0.1, 0.15) is 5.60 Å². The van der Waals surface area contributed by atoms with Crippen molar-refractivity contribution in [3.05, 3.63) is 0 Å². The van der Waals surface area contributed by atoms with Gasteiger partial charge in [-0.3, -0.25) is 0 Å². The van der Waals surface area contributed by atoms with Crippen LogP contribution in [0, 0.1) is 5.41 Å². The molecule has 0 unspecified atom stereocenters. The summed E-state index contributed by atoms with van der Waals surface area (Å²) in [5, 5.41) is 0. The largest absolute Gasteiger partial charge is 0.444 e. The molecular formula is C15H28N2O3. The molecule has 0 aromatic carbocycles. The highest BCUT2D eigenvalue weighted by Crippen LogP contribution is 2.40. The first kappa shape index (κ1) is 15.6. The van der Waals surface area contributed by atoms with E-state index in [9.17, 15) is 4.79 Å². The lowest BCUT2D eigenvalue weighted by Gasteiger charge is -2.45. The molecule has 2 aliphatic heterocycles. The molecule has 116 valence electrons. The van der Waals surface area contributed by atoms with E-state index in [2.05, 4.69) is 0 Å². The number of nitrogens with zero attached hydrogens (tertiary/aromatic N) is 1. The number of likely N-dealkylation sites (tertiary alicyclic amines) is 1. The van der Waals surface area contributed by atoms with Crippen molar-refractivity contribution in [1.82, 2.24) is 4.90 Å². The summed E-state index contributed by atoms with van der Waals surface area (Å²) in [5.74, 6) is 0. The van der Waals surface area contributed by atoms with Crippen molar-refractivity contribution in [2.75, 3.05) is 26.2 Å². The van der Waals surface area contributed by atoms with Crippen LogP contribution in [0.25, 0.3) is 0 Å². The van der Waals surface area contributed by atoms with E-state index in [-0.39, 0.29) is 17.6 Å². The van der Waals surface area contributed by atoms with Crippen LogP contribution in [-0.2, 0) is 9.47 Å². The minimum Gasteiger partial charge on any atom is -0.444 e. The molecule has 0 aromatic heterocycles. The molecule has 1 amide bonds. The average molecular weight is 284 g/mol. The third-order valence-electron chi connectivity index (χ3n) is 4.36. The molecule has 2 saturated heterocycles. The van der Waals surface area contributed by atoms with Gasteiger partial charge in [0.15, 0.2) is 0 Å². The van der Waals surface area contributed by atoms with Gasteiger partial charge in [-0.15, -0.1) is 0 Å². The maximum atomic E-state index is 12.0. The molecule has 0 aliphatic carbocycles. The van der Waals surface area contributed by atoms with Crippen molar-refractivity contribution in [3.8, 4) is 0 Å². The zero-order valence-electron chi connectivity index (χ0n) is 13.0. The molecule has 0 radical (unpaired) electrons. The highest BCUT2D eigenvalue weighted by molar-refractivity contribution is 5.68. The van der Waals surface area contributed by atoms with Crippen molar-refractivity contribution < 1.29 is 14.3 Å². The Morgan fingerprint density at radius 2 is 2.00 bits per heavy atom. The van der Waals surface area contributed by atoms with Crippen molar-refractivity contribution in [2.45, 2.75) is 58.2 Å². The number of carbonyl (C=O) groups excluding carboxylic acids is 1. The Bertz CT molecular complexity index is 334. The van der Waals surface area contributed by atoms with Crippen LogP contribution >= 0.6 is 0 Å². The monoisotopic (exact) mass is 284 g/mol. The molecule has 0 bridgehead atoms. The molecule has 1 atom stereocenters. The van der Waals surface area contributed by atoms with Crippen LogP contribution in [0.3, 0.4) is 0 Å². The SMILES string of the molecule is CC(C)(C)OC(=O)N1CCC2(CC[C@H](CN)OC2)CC1. The fourth-order valence-electron chi connectivity index (χ4n) is 2.99. The van der Waals surface area contributed by atoms with Crippen molar-refractivity contribution in [1.29, 1.82) is 0 Å². The van der Waals surface area contributed by atoms with Gasteiger partial charge in [-0.2, -0.15) is 0 Å². The summed E-state index contributed by atoms with van der Waals surface area (Å²) >= 11 is 0. The van der Waals surface area contributed by atoms with E-state index in [0.717, 1.165) is 45.4 Å². The van der Waals surface area contributed by atoms with Gasteiger partial charge < -0.3 is 20.1 Å². The maximum Gasteiger partial charge on any atom is 0.410 e. The van der Waals surface area contributed by atoms with Gasteiger partial charge in [0.2, 0.25) is 0 Å². The van der Waals surface area contributed by atoms with Crippen LogP contribution in [0.4, 0.5) is 4.79 Å². The Balaban J connectivity index is 1.82. The van der Waals surface area contributed by atoms with Gasteiger partial charge in [-0.25, -0.2) is 4.79 Å². The quantitative estimate of drug-likeness (QED) is 0.801. The minimum absolute atomic E-state index is 0.191. The summed E-state index contributed by atoms with van der Waals surface area (Å²) in [6.45, 7) is 8.64. The van der Waals surface area contributed by atoms with Gasteiger partial charge in [-0.1, -0.05) is 0 Å². The zero-order valence-corrected chi connectivity index (χ0v) is 13.0. The van der Waals surface area contributed by atoms with Gasteiger partial charge in [0.25, 0.3) is 0 Å². The second-order valence-electron chi connectivity index (χ2n) is 7.17. The van der Waals surface area contributed by atoms with Crippen LogP contribution in [-0.4, -0.2) is 48.9 Å². The Labute approximate surface area is 121 Å². The topological polar surface area (TPSA) is 64.8 Å². The number of carbonyl (C=O) groups is 1. The lowest BCUT2D eigenvalue weighted by molar-refractivity contribution is -0.0826. The molecular weight excluding hydrogens is 256 g/mol. The van der Waals surface area contributed by atoms with Gasteiger partial charge in [0.05, 0.1) is 12.7 Å². The molecule has 2 heterocycles. The number of piperidine rings is 1. The first-order valence-electron chi connectivity index (χ1n) is 7.63. The van der Waals surface area contributed by atoms with Crippen molar-refractivity contribution >= 4 is 6.09 Å². The second kappa shape index (κ2) is 5.90. The van der Waals surface area contributed by atoms with E-state index in [4.69, 9.17) is 15.2 Å². The highest BCUT2D eigenvalue weighted by atomic mass is 16.6. The molecule has 0 saturated carbocycles. The molecule has 2 rings (SSSR count). The molecule has 20 heavy (non-hydrogen) atoms. The summed E-state index contributed by atoms with van der Waals surface area (Å²) in [5.41, 5.74) is 5.48. The molecule has 2 fully saturated rings. The van der Waals surface area contributed by atoms with Crippen LogP contribution in [0.1, 0.15) is 46.5 Å². The summed E-state index contributed by atoms with van der Waals surface area (Å²) in [4.78, 5) is 13.9. The fraction of sp³-hybridized carbons (Fsp3) is 0.933. The second-order valence-corrected chi connectivity index (χ2v) is 7.17. The van der Waals surface area contributed by atoms with Crippen LogP contribution in [0.2, 0.25) is 0 Å². The smallest absolute Gasteiger partial charge is 0.410 e. The first-order chi connectivity index (χ1) is 9.34. The van der Waals surface area contributed by atoms with E-state index in [0.29, 0.717) is 6.54 Å². The number of ether oxygens (including phenoxy) is 2. The van der Waals surface area contributed by atoms with Crippen LogP contribution in [0.5, 0.6) is 0 Å². The van der Waals surface area contributed by atoms with Gasteiger partial charge in [-0.05, 0) is 51.9 Å². The van der Waals surface area contributed by atoms with E-state index >= 15 is 0 Å². The van der Waals surface area contributed by atoms with Crippen LogP contribution in [0.15, 0.2) is 0 Å². The maximum absolute atomic E-state index is 12.0. The standard InChI is InChI=1S/C15H28N2O3/c1-14(2,3)20-13(18)17-8-6-15(7-9-17)5-4-12(10-16)19-11-15/h12H,4-11,16H2,1-3H3/t12-/m1/s1. The lowest BCUT2D eigenvalue weighted by atomic mass is 9.73. The Morgan fingerprint density at radius 3 is 2.45 bits per heavy atom. The summed E-state index contributed by atoms with van der Waals surface area (Å²) in [6.07, 6.45) is 4.25. The minimum atomic E-state index is -0.422. The first-order valence-corrected chi connectivity index (χ1v) is 7.63. The molecule has 0 aromatic rings. The normalized spacial score (nSPS) is 26.6. The molecule has 5 nitrogen and oxygen atoms in total. The van der Waals surface area contributed by atoms with Crippen LogP contribution < -0.4 is 5.73 Å². The predicted octanol–water partition coefficient (Wildman–Crippen LogP) is 2.14. The Morgan fingerprint density at radius 1 is 1.35 bits per heavy atom. The van der Waals surface area contributed by atoms with Crippen molar-refractivity contribution in [2.24, 2.45) is 11.1 Å². The molecule has 2 aliphatic rings. The number of amides is 1. The van der Waals surface area contributed by atoms with E-state index in [1.807, 2.05) is 25.7 Å². The number of hydrogen-bond donors (Lipinski definition) is 1. The Hall–Kier alpha value is -0.810. The van der Waals surface area contributed by atoms with Gasteiger partial charge >= 0.3 is 6.09 Å². The Kier molecular flexibility index (Phi) is 4.59. The highest BCUT2D eigenvalue weighted by Gasteiger charge is 2.40. The third kappa shape index (κ3) is 3.85. The molecule has 2 N–H and O–H groups in total. The fourth-order valence-corrected chi connectivity index (χ4v) is 2.99. The summed E-state index contributed by atoms with van der Waals surface area (Å²) in [6, 6.07) is 0. The summed E-state index contributed by atoms with van der Waals surface area (Å²) in [7, 11) is 0. The average Bonchev–Trinajstić information content (AvgIpc) is 2.38. The summed E-state index contributed by atoms with van der Waals surface area (Å²) < 4.78 is 11.3. The lowest BCUT2D eigenvalue weighted by Crippen LogP contribution is -2.49. The predicted molar refractivity (Wildman–Crippen MR) is 77.5 cm³/mol. The van der Waals surface area contributed by atoms with E-state index in [1.54, 1.807) is 0 Å². The number of rotatable bonds is 1. The number of nitrogens with two attached hydrogens (primary N) is 1. The van der Waals surface area contributed by atoms with Gasteiger partial charge in [0, 0.05) is 19.6 Å². The molecule has 5 heteroatoms. The third-order valence-corrected chi connectivity index (χ3v) is 4.36. The van der Waals surface area contributed by atoms with Crippen molar-refractivity contribution in [3.63, 3.8) is 0 Å². The van der Waals surface area contributed by atoms with E-state index < -0.39 is 5.60 Å². The van der Waals surface area contributed by atoms with E-state index in [1.165, 1.54) is 0 Å².